The fraction of sp³-hybridized carbons (Fsp3) is 0. The maximum Gasteiger partial charge on any atom is 0.135 e. The fourth-order valence-electron chi connectivity index (χ4n) is 1.11. The molecule has 0 aliphatic rings. The second kappa shape index (κ2) is 3.48. The largest absolute Gasteiger partial charge is 0.383 e. The monoisotopic (exact) mass is 201 g/mol. The van der Waals surface area contributed by atoms with E-state index < -0.39 is 0 Å². The van der Waals surface area contributed by atoms with Gasteiger partial charge in [0.05, 0.1) is 11.6 Å². The Hall–Kier alpha value is -1.86. The summed E-state index contributed by atoms with van der Waals surface area (Å²) in [7, 11) is 0. The van der Waals surface area contributed by atoms with Crippen molar-refractivity contribution >= 4 is 17.2 Å². The molecule has 0 spiro atoms. The molecule has 2 N–H and O–H groups in total. The zero-order valence-electron chi connectivity index (χ0n) is 7.27. The number of nitrogens with zero attached hydrogens (tertiary/aromatic N) is 2. The lowest BCUT2D eigenvalue weighted by Gasteiger charge is -1.94. The highest BCUT2D eigenvalue weighted by molar-refractivity contribution is 7.13. The molecule has 0 radical (unpaired) electrons. The average Bonchev–Trinajstić information content (AvgIpc) is 2.65. The van der Waals surface area contributed by atoms with Gasteiger partial charge in [0.25, 0.3) is 0 Å². The van der Waals surface area contributed by atoms with Crippen LogP contribution in [0.15, 0.2) is 29.6 Å². The summed E-state index contributed by atoms with van der Waals surface area (Å²) in [5.41, 5.74) is 7.16. The Labute approximate surface area is 85.4 Å². The standard InChI is InChI=1S/C10H7N3S/c11-5-7-1-3-8(4-2-7)10-13-9(12)6-14-10/h1-4,6H,12H2. The third-order valence-electron chi connectivity index (χ3n) is 1.78. The number of nitrogen functional groups attached to an aromatic ring is 1. The van der Waals surface area contributed by atoms with E-state index in [1.807, 2.05) is 12.1 Å². The summed E-state index contributed by atoms with van der Waals surface area (Å²) in [6.45, 7) is 0. The van der Waals surface area contributed by atoms with Gasteiger partial charge in [-0.3, -0.25) is 0 Å². The smallest absolute Gasteiger partial charge is 0.135 e. The highest BCUT2D eigenvalue weighted by atomic mass is 32.1. The summed E-state index contributed by atoms with van der Waals surface area (Å²) in [5.74, 6) is 0.536. The van der Waals surface area contributed by atoms with Gasteiger partial charge in [-0.05, 0) is 12.1 Å². The van der Waals surface area contributed by atoms with Gasteiger partial charge in [-0.25, -0.2) is 4.98 Å². The van der Waals surface area contributed by atoms with E-state index in [1.165, 1.54) is 11.3 Å². The number of rotatable bonds is 1. The van der Waals surface area contributed by atoms with E-state index in [0.717, 1.165) is 10.6 Å². The number of aromatic nitrogens is 1. The number of thiazole rings is 1. The van der Waals surface area contributed by atoms with Gasteiger partial charge in [-0.2, -0.15) is 5.26 Å². The van der Waals surface area contributed by atoms with Gasteiger partial charge in [0.15, 0.2) is 0 Å². The number of anilines is 1. The zero-order chi connectivity index (χ0) is 9.97. The molecule has 0 bridgehead atoms. The van der Waals surface area contributed by atoms with Crippen LogP contribution < -0.4 is 5.73 Å². The molecule has 0 aliphatic heterocycles. The van der Waals surface area contributed by atoms with Gasteiger partial charge in [0, 0.05) is 10.9 Å². The van der Waals surface area contributed by atoms with Gasteiger partial charge in [0.2, 0.25) is 0 Å². The van der Waals surface area contributed by atoms with Crippen LogP contribution in [0.25, 0.3) is 10.6 Å². The second-order valence-electron chi connectivity index (χ2n) is 2.77. The lowest BCUT2D eigenvalue weighted by Crippen LogP contribution is -1.83. The summed E-state index contributed by atoms with van der Waals surface area (Å²) in [5, 5.41) is 11.3. The van der Waals surface area contributed by atoms with E-state index in [1.54, 1.807) is 17.5 Å². The third-order valence-corrected chi connectivity index (χ3v) is 2.69. The van der Waals surface area contributed by atoms with Crippen LogP contribution >= 0.6 is 11.3 Å². The van der Waals surface area contributed by atoms with Crippen LogP contribution in [-0.4, -0.2) is 4.98 Å². The number of benzene rings is 1. The number of nitrogens with two attached hydrogens (primary N) is 1. The lowest BCUT2D eigenvalue weighted by atomic mass is 10.1. The molecule has 0 aliphatic carbocycles. The molecular formula is C10H7N3S. The predicted octanol–water partition coefficient (Wildman–Crippen LogP) is 2.26. The molecule has 14 heavy (non-hydrogen) atoms. The Morgan fingerprint density at radius 2 is 2.00 bits per heavy atom. The summed E-state index contributed by atoms with van der Waals surface area (Å²) in [6.07, 6.45) is 0. The van der Waals surface area contributed by atoms with E-state index >= 15 is 0 Å². The summed E-state index contributed by atoms with van der Waals surface area (Å²) in [6, 6.07) is 9.35. The Balaban J connectivity index is 2.39. The van der Waals surface area contributed by atoms with Crippen molar-refractivity contribution < 1.29 is 0 Å². The van der Waals surface area contributed by atoms with Crippen molar-refractivity contribution in [1.29, 1.82) is 5.26 Å². The minimum absolute atomic E-state index is 0.536. The van der Waals surface area contributed by atoms with Crippen molar-refractivity contribution in [3.63, 3.8) is 0 Å². The minimum Gasteiger partial charge on any atom is -0.383 e. The molecule has 1 aromatic heterocycles. The maximum absolute atomic E-state index is 8.62. The predicted molar refractivity (Wildman–Crippen MR) is 56.7 cm³/mol. The van der Waals surface area contributed by atoms with Crippen molar-refractivity contribution in [2.45, 2.75) is 0 Å². The minimum atomic E-state index is 0.536. The molecule has 0 fully saturated rings. The van der Waals surface area contributed by atoms with Crippen LogP contribution in [0.2, 0.25) is 0 Å². The second-order valence-corrected chi connectivity index (χ2v) is 3.62. The molecule has 4 heteroatoms. The molecule has 68 valence electrons. The highest BCUT2D eigenvalue weighted by Gasteiger charge is 2.01. The van der Waals surface area contributed by atoms with Crippen LogP contribution in [-0.2, 0) is 0 Å². The maximum atomic E-state index is 8.62. The van der Waals surface area contributed by atoms with Gasteiger partial charge in [-0.15, -0.1) is 11.3 Å². The first kappa shape index (κ1) is 8.73. The normalized spacial score (nSPS) is 9.64. The zero-order valence-corrected chi connectivity index (χ0v) is 8.08. The summed E-state index contributed by atoms with van der Waals surface area (Å²) < 4.78 is 0. The Kier molecular flexibility index (Phi) is 2.17. The van der Waals surface area contributed by atoms with Crippen molar-refractivity contribution in [2.24, 2.45) is 0 Å². The van der Waals surface area contributed by atoms with Crippen molar-refractivity contribution in [3.8, 4) is 16.6 Å². The molecule has 0 atom stereocenters. The van der Waals surface area contributed by atoms with E-state index in [4.69, 9.17) is 11.0 Å². The van der Waals surface area contributed by atoms with Crippen molar-refractivity contribution in [1.82, 2.24) is 4.98 Å². The first-order valence-electron chi connectivity index (χ1n) is 4.01. The number of hydrogen-bond donors (Lipinski definition) is 1. The van der Waals surface area contributed by atoms with Crippen LogP contribution in [0.4, 0.5) is 5.82 Å². The van der Waals surface area contributed by atoms with E-state index in [0.29, 0.717) is 11.4 Å². The quantitative estimate of drug-likeness (QED) is 0.769. The molecule has 0 amide bonds. The first-order valence-corrected chi connectivity index (χ1v) is 4.89. The molecule has 0 saturated carbocycles. The van der Waals surface area contributed by atoms with Crippen LogP contribution in [0.1, 0.15) is 5.56 Å². The Morgan fingerprint density at radius 3 is 2.50 bits per heavy atom. The molecule has 2 aromatic rings. The number of nitriles is 1. The summed E-state index contributed by atoms with van der Waals surface area (Å²) in [4.78, 5) is 4.15. The Bertz CT molecular complexity index is 479. The highest BCUT2D eigenvalue weighted by Crippen LogP contribution is 2.24. The first-order chi connectivity index (χ1) is 6.79. The third kappa shape index (κ3) is 1.58. The van der Waals surface area contributed by atoms with Gasteiger partial charge >= 0.3 is 0 Å². The van der Waals surface area contributed by atoms with Crippen LogP contribution in [0.3, 0.4) is 0 Å². The molecule has 1 heterocycles. The van der Waals surface area contributed by atoms with Crippen molar-refractivity contribution in [3.05, 3.63) is 35.2 Å². The van der Waals surface area contributed by atoms with E-state index in [-0.39, 0.29) is 0 Å². The molecule has 0 saturated heterocycles. The van der Waals surface area contributed by atoms with Crippen molar-refractivity contribution in [2.75, 3.05) is 5.73 Å². The van der Waals surface area contributed by atoms with Gasteiger partial charge in [0.1, 0.15) is 10.8 Å². The molecule has 1 aromatic carbocycles. The van der Waals surface area contributed by atoms with Crippen LogP contribution in [0.5, 0.6) is 0 Å². The topological polar surface area (TPSA) is 62.7 Å². The SMILES string of the molecule is N#Cc1ccc(-c2nc(N)cs2)cc1. The van der Waals surface area contributed by atoms with Crippen LogP contribution in [0, 0.1) is 11.3 Å². The molecule has 3 nitrogen and oxygen atoms in total. The molecule has 0 unspecified atom stereocenters. The lowest BCUT2D eigenvalue weighted by molar-refractivity contribution is 1.41. The van der Waals surface area contributed by atoms with Gasteiger partial charge < -0.3 is 5.73 Å². The number of hydrogen-bond acceptors (Lipinski definition) is 4. The van der Waals surface area contributed by atoms with Gasteiger partial charge in [-0.1, -0.05) is 12.1 Å². The fourth-order valence-corrected chi connectivity index (χ4v) is 1.82. The van der Waals surface area contributed by atoms with E-state index in [2.05, 4.69) is 11.1 Å². The average molecular weight is 201 g/mol. The van der Waals surface area contributed by atoms with E-state index in [9.17, 15) is 0 Å². The molecular weight excluding hydrogens is 194 g/mol. The summed E-state index contributed by atoms with van der Waals surface area (Å²) >= 11 is 1.50. The molecule has 2 rings (SSSR count). The Morgan fingerprint density at radius 1 is 1.29 bits per heavy atom.